The molecule has 10 heteroatoms. The lowest BCUT2D eigenvalue weighted by Gasteiger charge is -2.29. The summed E-state index contributed by atoms with van der Waals surface area (Å²) in [7, 11) is -4.37. The average molecular weight is 477 g/mol. The number of aryl methyl sites for hydroxylation is 1. The van der Waals surface area contributed by atoms with E-state index in [1.54, 1.807) is 10.9 Å². The Hall–Kier alpha value is -2.90. The third-order valence-corrected chi connectivity index (χ3v) is 7.68. The lowest BCUT2D eigenvalue weighted by atomic mass is 9.92. The molecular formula is C23H23F3N4O2S. The molecule has 3 aromatic rings. The molecule has 1 fully saturated rings. The zero-order valence-electron chi connectivity index (χ0n) is 18.1. The van der Waals surface area contributed by atoms with Gasteiger partial charge < -0.3 is 4.57 Å². The van der Waals surface area contributed by atoms with Crippen molar-refractivity contribution in [3.8, 4) is 17.3 Å². The van der Waals surface area contributed by atoms with Crippen molar-refractivity contribution in [3.05, 3.63) is 47.7 Å². The van der Waals surface area contributed by atoms with Crippen LogP contribution < -0.4 is 4.72 Å². The molecule has 1 aliphatic rings. The molecule has 0 unspecified atom stereocenters. The fraction of sp³-hybridized carbons (Fsp3) is 0.391. The second kappa shape index (κ2) is 8.47. The van der Waals surface area contributed by atoms with Crippen LogP contribution in [0.25, 0.3) is 22.3 Å². The van der Waals surface area contributed by atoms with E-state index in [-0.39, 0.29) is 10.9 Å². The van der Waals surface area contributed by atoms with Crippen molar-refractivity contribution in [2.24, 2.45) is 0 Å². The van der Waals surface area contributed by atoms with E-state index >= 15 is 0 Å². The fourth-order valence-electron chi connectivity index (χ4n) is 3.98. The summed E-state index contributed by atoms with van der Waals surface area (Å²) in [6.45, 7) is 2.76. The van der Waals surface area contributed by atoms with Gasteiger partial charge in [0.25, 0.3) is 0 Å². The van der Waals surface area contributed by atoms with Crippen molar-refractivity contribution in [2.45, 2.75) is 62.7 Å². The Morgan fingerprint density at radius 2 is 1.94 bits per heavy atom. The van der Waals surface area contributed by atoms with Crippen LogP contribution in [0.3, 0.4) is 0 Å². The zero-order valence-corrected chi connectivity index (χ0v) is 19.0. The van der Waals surface area contributed by atoms with Crippen molar-refractivity contribution >= 4 is 21.1 Å². The van der Waals surface area contributed by atoms with Crippen molar-refractivity contribution in [1.82, 2.24) is 14.3 Å². The fourth-order valence-corrected chi connectivity index (χ4v) is 5.21. The molecule has 0 aliphatic heterocycles. The summed E-state index contributed by atoms with van der Waals surface area (Å²) in [6.07, 6.45) is 0.843. The number of rotatable bonds is 6. The molecule has 1 N–H and O–H groups in total. The molecular weight excluding hydrogens is 453 g/mol. The van der Waals surface area contributed by atoms with Crippen molar-refractivity contribution in [1.29, 1.82) is 5.26 Å². The quantitative estimate of drug-likeness (QED) is 0.537. The molecule has 1 aromatic carbocycles. The smallest absolute Gasteiger partial charge is 0.321 e. The summed E-state index contributed by atoms with van der Waals surface area (Å²) >= 11 is 0. The Balaban J connectivity index is 1.80. The second-order valence-corrected chi connectivity index (χ2v) is 9.98. The maximum Gasteiger partial charge on any atom is 0.404 e. The summed E-state index contributed by atoms with van der Waals surface area (Å²) in [4.78, 5) is 4.34. The molecule has 0 bridgehead atoms. The van der Waals surface area contributed by atoms with E-state index in [4.69, 9.17) is 0 Å². The van der Waals surface area contributed by atoms with Gasteiger partial charge >= 0.3 is 6.18 Å². The van der Waals surface area contributed by atoms with E-state index in [9.17, 15) is 26.9 Å². The lowest BCUT2D eigenvalue weighted by Crippen LogP contribution is -2.42. The minimum absolute atomic E-state index is 0.183. The van der Waals surface area contributed by atoms with Crippen LogP contribution >= 0.6 is 0 Å². The van der Waals surface area contributed by atoms with Crippen molar-refractivity contribution in [3.63, 3.8) is 0 Å². The normalized spacial score (nSPS) is 15.9. The Bertz CT molecular complexity index is 1340. The molecule has 2 heterocycles. The highest BCUT2D eigenvalue weighted by molar-refractivity contribution is 7.89. The molecule has 2 aromatic heterocycles. The van der Waals surface area contributed by atoms with Crippen LogP contribution in [0.2, 0.25) is 0 Å². The molecule has 6 nitrogen and oxygen atoms in total. The Morgan fingerprint density at radius 3 is 2.45 bits per heavy atom. The van der Waals surface area contributed by atoms with Gasteiger partial charge in [0.05, 0.1) is 16.2 Å². The number of benzene rings is 1. The first-order valence-electron chi connectivity index (χ1n) is 10.7. The van der Waals surface area contributed by atoms with Gasteiger partial charge in [0.1, 0.15) is 17.8 Å². The van der Waals surface area contributed by atoms with Crippen molar-refractivity contribution in [2.75, 3.05) is 0 Å². The molecule has 1 saturated carbocycles. The highest BCUT2D eigenvalue weighted by Crippen LogP contribution is 2.42. The third-order valence-electron chi connectivity index (χ3n) is 6.12. The first kappa shape index (κ1) is 23.3. The molecule has 0 amide bonds. The summed E-state index contributed by atoms with van der Waals surface area (Å²) < 4.78 is 67.0. The number of aromatic nitrogens is 2. The summed E-state index contributed by atoms with van der Waals surface area (Å²) in [5.41, 5.74) is 3.43. The van der Waals surface area contributed by atoms with Gasteiger partial charge in [-0.2, -0.15) is 23.2 Å². The number of nitriles is 1. The van der Waals surface area contributed by atoms with Crippen LogP contribution in [0.5, 0.6) is 0 Å². The molecule has 0 spiro atoms. The Kier molecular flexibility index (Phi) is 5.97. The summed E-state index contributed by atoms with van der Waals surface area (Å²) in [6, 6.07) is 7.78. The minimum Gasteiger partial charge on any atom is -0.321 e. The first-order chi connectivity index (χ1) is 15.6. The predicted molar refractivity (Wildman–Crippen MR) is 118 cm³/mol. The van der Waals surface area contributed by atoms with Crippen LogP contribution in [-0.2, 0) is 16.4 Å². The largest absolute Gasteiger partial charge is 0.404 e. The van der Waals surface area contributed by atoms with Crippen molar-refractivity contribution < 1.29 is 21.6 Å². The van der Waals surface area contributed by atoms with Gasteiger partial charge in [0, 0.05) is 17.6 Å². The summed E-state index contributed by atoms with van der Waals surface area (Å²) in [5.74, 6) is 0. The van der Waals surface area contributed by atoms with Gasteiger partial charge in [-0.1, -0.05) is 19.1 Å². The number of fused-ring (bicyclic) bond motifs is 1. The molecule has 0 radical (unpaired) electrons. The number of hydrogen-bond acceptors (Lipinski definition) is 4. The predicted octanol–water partition coefficient (Wildman–Crippen LogP) is 5.09. The van der Waals surface area contributed by atoms with Crippen LogP contribution in [0, 0.1) is 11.3 Å². The minimum atomic E-state index is -4.69. The highest BCUT2D eigenvalue weighted by Gasteiger charge is 2.39. The van der Waals surface area contributed by atoms with Crippen LogP contribution in [0.15, 0.2) is 41.4 Å². The Morgan fingerprint density at radius 1 is 1.27 bits per heavy atom. The monoisotopic (exact) mass is 476 g/mol. The van der Waals surface area contributed by atoms with E-state index in [1.807, 2.05) is 17.6 Å². The van der Waals surface area contributed by atoms with E-state index in [1.165, 1.54) is 24.3 Å². The molecule has 33 heavy (non-hydrogen) atoms. The number of nitrogens with one attached hydrogen (secondary N) is 1. The standard InChI is InChI=1S/C23H23F3N4O2S/c1-3-15-11-19-20(12-27)21(30(17-5-4-6-17)22(19)28-13-15)16-7-9-18(10-8-16)33(31,32)29-14(2)23(24,25)26/h7-11,13-14,17,29H,3-6H2,1-2H3/t14-/m0/s1. The summed E-state index contributed by atoms with van der Waals surface area (Å²) in [5, 5.41) is 10.7. The number of halogens is 3. The first-order valence-corrected chi connectivity index (χ1v) is 12.2. The van der Waals surface area contributed by atoms with Gasteiger partial charge in [0.15, 0.2) is 0 Å². The molecule has 0 saturated heterocycles. The average Bonchev–Trinajstić information content (AvgIpc) is 3.04. The Labute approximate surface area is 190 Å². The van der Waals surface area contributed by atoms with Gasteiger partial charge in [-0.15, -0.1) is 0 Å². The van der Waals surface area contributed by atoms with Crippen LogP contribution in [0.1, 0.15) is 50.3 Å². The number of pyridine rings is 1. The molecule has 174 valence electrons. The number of hydrogen-bond donors (Lipinski definition) is 1. The number of sulfonamides is 1. The van der Waals surface area contributed by atoms with Gasteiger partial charge in [-0.3, -0.25) is 0 Å². The van der Waals surface area contributed by atoms with E-state index in [0.29, 0.717) is 22.5 Å². The number of nitrogens with zero attached hydrogens (tertiary/aromatic N) is 3. The zero-order chi connectivity index (χ0) is 24.0. The molecule has 4 rings (SSSR count). The number of alkyl halides is 3. The van der Waals surface area contributed by atoms with Gasteiger partial charge in [0.2, 0.25) is 10.0 Å². The maximum atomic E-state index is 12.8. The van der Waals surface area contributed by atoms with Crippen LogP contribution in [0.4, 0.5) is 13.2 Å². The van der Waals surface area contributed by atoms with E-state index in [2.05, 4.69) is 11.1 Å². The van der Waals surface area contributed by atoms with Crippen LogP contribution in [-0.4, -0.2) is 30.2 Å². The second-order valence-electron chi connectivity index (χ2n) is 8.27. The maximum absolute atomic E-state index is 12.8. The lowest BCUT2D eigenvalue weighted by molar-refractivity contribution is -0.147. The van der Waals surface area contributed by atoms with Gasteiger partial charge in [-0.25, -0.2) is 13.4 Å². The van der Waals surface area contributed by atoms with E-state index in [0.717, 1.165) is 43.6 Å². The SMILES string of the molecule is CCc1cnc2c(c1)c(C#N)c(-c1ccc(S(=O)(=O)N[C@@H](C)C(F)(F)F)cc1)n2C1CCC1. The molecule has 1 aliphatic carbocycles. The third kappa shape index (κ3) is 4.23. The topological polar surface area (TPSA) is 87.8 Å². The van der Waals surface area contributed by atoms with Gasteiger partial charge in [-0.05, 0) is 61.9 Å². The van der Waals surface area contributed by atoms with E-state index < -0.39 is 22.2 Å². The molecule has 1 atom stereocenters. The highest BCUT2D eigenvalue weighted by atomic mass is 32.2.